The molecule has 0 unspecified atom stereocenters. The smallest absolute Gasteiger partial charge is 0.319 e. The summed E-state index contributed by atoms with van der Waals surface area (Å²) in [6.45, 7) is 5.31. The maximum absolute atomic E-state index is 11.8. The van der Waals surface area contributed by atoms with Gasteiger partial charge in [0.1, 0.15) is 0 Å². The lowest BCUT2D eigenvalue weighted by molar-refractivity contribution is 0.251. The summed E-state index contributed by atoms with van der Waals surface area (Å²) >= 11 is 11.7. The minimum Gasteiger partial charge on any atom is -0.338 e. The van der Waals surface area contributed by atoms with Crippen LogP contribution in [0.2, 0.25) is 10.0 Å². The zero-order chi connectivity index (χ0) is 16.1. The Morgan fingerprint density at radius 3 is 2.64 bits per heavy atom. The number of anilines is 1. The van der Waals surface area contributed by atoms with Crippen LogP contribution in [0, 0.1) is 13.8 Å². The summed E-state index contributed by atoms with van der Waals surface area (Å²) in [5, 5.41) is 10.7. The fourth-order valence-corrected chi connectivity index (χ4v) is 2.38. The van der Waals surface area contributed by atoms with Gasteiger partial charge >= 0.3 is 6.03 Å². The van der Waals surface area contributed by atoms with Gasteiger partial charge in [-0.25, -0.2) is 4.79 Å². The van der Waals surface area contributed by atoms with Crippen molar-refractivity contribution in [1.82, 2.24) is 15.1 Å². The van der Waals surface area contributed by atoms with E-state index in [1.165, 1.54) is 0 Å². The Kier molecular flexibility index (Phi) is 5.69. The molecule has 2 rings (SSSR count). The third kappa shape index (κ3) is 4.64. The number of halogens is 2. The first-order valence-electron chi connectivity index (χ1n) is 6.96. The van der Waals surface area contributed by atoms with Crippen LogP contribution in [0.5, 0.6) is 0 Å². The van der Waals surface area contributed by atoms with Crippen molar-refractivity contribution < 1.29 is 4.79 Å². The molecule has 1 heterocycles. The molecule has 0 atom stereocenters. The van der Waals surface area contributed by atoms with Crippen molar-refractivity contribution in [2.45, 2.75) is 26.8 Å². The molecule has 2 aromatic rings. The van der Waals surface area contributed by atoms with Crippen LogP contribution in [0.3, 0.4) is 0 Å². The summed E-state index contributed by atoms with van der Waals surface area (Å²) in [5.41, 5.74) is 2.73. The van der Waals surface area contributed by atoms with Gasteiger partial charge in [-0.05, 0) is 44.5 Å². The van der Waals surface area contributed by atoms with Gasteiger partial charge in [0.15, 0.2) is 0 Å². The number of aromatic nitrogens is 2. The van der Waals surface area contributed by atoms with Crippen molar-refractivity contribution in [3.05, 3.63) is 45.7 Å². The summed E-state index contributed by atoms with van der Waals surface area (Å²) in [6.07, 6.45) is 0.802. The molecule has 0 fully saturated rings. The largest absolute Gasteiger partial charge is 0.338 e. The molecule has 1 aromatic carbocycles. The van der Waals surface area contributed by atoms with Crippen LogP contribution in [0.25, 0.3) is 0 Å². The molecule has 7 heteroatoms. The topological polar surface area (TPSA) is 59.0 Å². The fourth-order valence-electron chi connectivity index (χ4n) is 2.08. The first-order chi connectivity index (χ1) is 10.5. The van der Waals surface area contributed by atoms with Gasteiger partial charge in [0.05, 0.1) is 15.7 Å². The number of hydrogen-bond acceptors (Lipinski definition) is 2. The quantitative estimate of drug-likeness (QED) is 0.807. The number of hydrogen-bond donors (Lipinski definition) is 2. The number of rotatable bonds is 5. The van der Waals surface area contributed by atoms with Gasteiger partial charge in [0, 0.05) is 24.5 Å². The highest BCUT2D eigenvalue weighted by molar-refractivity contribution is 6.42. The highest BCUT2D eigenvalue weighted by atomic mass is 35.5. The first-order valence-corrected chi connectivity index (χ1v) is 7.72. The van der Waals surface area contributed by atoms with E-state index in [0.29, 0.717) is 22.3 Å². The van der Waals surface area contributed by atoms with E-state index in [-0.39, 0.29) is 6.03 Å². The number of benzene rings is 1. The SMILES string of the molecule is Cc1cc(C)n(CCCNC(=O)Nc2ccc(Cl)c(Cl)c2)n1. The summed E-state index contributed by atoms with van der Waals surface area (Å²) < 4.78 is 1.94. The minimum absolute atomic E-state index is 0.272. The van der Waals surface area contributed by atoms with Gasteiger partial charge in [-0.1, -0.05) is 23.2 Å². The molecule has 22 heavy (non-hydrogen) atoms. The molecular formula is C15H18Cl2N4O. The highest BCUT2D eigenvalue weighted by Gasteiger charge is 2.04. The summed E-state index contributed by atoms with van der Waals surface area (Å²) in [7, 11) is 0. The lowest BCUT2D eigenvalue weighted by atomic mass is 10.3. The van der Waals surface area contributed by atoms with Gasteiger partial charge in [0.2, 0.25) is 0 Å². The summed E-state index contributed by atoms with van der Waals surface area (Å²) in [5.74, 6) is 0. The zero-order valence-electron chi connectivity index (χ0n) is 12.5. The zero-order valence-corrected chi connectivity index (χ0v) is 14.0. The molecular weight excluding hydrogens is 323 g/mol. The Hall–Kier alpha value is -1.72. The van der Waals surface area contributed by atoms with Crippen molar-refractivity contribution in [2.75, 3.05) is 11.9 Å². The predicted molar refractivity (Wildman–Crippen MR) is 89.8 cm³/mol. The van der Waals surface area contributed by atoms with E-state index in [4.69, 9.17) is 23.2 Å². The number of nitrogens with zero attached hydrogens (tertiary/aromatic N) is 2. The Bertz CT molecular complexity index is 670. The molecule has 0 aliphatic carbocycles. The van der Waals surface area contributed by atoms with E-state index in [1.807, 2.05) is 24.6 Å². The molecule has 5 nitrogen and oxygen atoms in total. The van der Waals surface area contributed by atoms with Crippen molar-refractivity contribution in [2.24, 2.45) is 0 Å². The highest BCUT2D eigenvalue weighted by Crippen LogP contribution is 2.24. The number of amides is 2. The number of urea groups is 1. The van der Waals surface area contributed by atoms with E-state index in [1.54, 1.807) is 18.2 Å². The second-order valence-electron chi connectivity index (χ2n) is 5.01. The van der Waals surface area contributed by atoms with E-state index in [0.717, 1.165) is 24.4 Å². The van der Waals surface area contributed by atoms with Crippen molar-refractivity contribution >= 4 is 34.9 Å². The fraction of sp³-hybridized carbons (Fsp3) is 0.333. The third-order valence-corrected chi connectivity index (χ3v) is 3.85. The average molecular weight is 341 g/mol. The minimum atomic E-state index is -0.272. The number of carbonyl (C=O) groups excluding carboxylic acids is 1. The molecule has 0 bridgehead atoms. The second-order valence-corrected chi connectivity index (χ2v) is 5.83. The maximum Gasteiger partial charge on any atom is 0.319 e. The summed E-state index contributed by atoms with van der Waals surface area (Å²) in [4.78, 5) is 11.8. The van der Waals surface area contributed by atoms with Crippen LogP contribution >= 0.6 is 23.2 Å². The second kappa shape index (κ2) is 7.51. The van der Waals surface area contributed by atoms with E-state index in [2.05, 4.69) is 15.7 Å². The Labute approximate surface area is 139 Å². The standard InChI is InChI=1S/C15H18Cl2N4O/c1-10-8-11(2)21(20-10)7-3-6-18-15(22)19-12-4-5-13(16)14(17)9-12/h4-5,8-9H,3,6-7H2,1-2H3,(H2,18,19,22). The monoisotopic (exact) mass is 340 g/mol. The van der Waals surface area contributed by atoms with Crippen molar-refractivity contribution in [1.29, 1.82) is 0 Å². The van der Waals surface area contributed by atoms with Gasteiger partial charge in [-0.15, -0.1) is 0 Å². The van der Waals surface area contributed by atoms with Gasteiger partial charge in [-0.2, -0.15) is 5.10 Å². The molecule has 1 aromatic heterocycles. The number of aryl methyl sites for hydroxylation is 3. The summed E-state index contributed by atoms with van der Waals surface area (Å²) in [6, 6.07) is 6.71. The van der Waals surface area contributed by atoms with Crippen molar-refractivity contribution in [3.63, 3.8) is 0 Å². The molecule has 0 saturated carbocycles. The van der Waals surface area contributed by atoms with E-state index < -0.39 is 0 Å². The van der Waals surface area contributed by atoms with Crippen LogP contribution in [0.1, 0.15) is 17.8 Å². The molecule has 0 radical (unpaired) electrons. The predicted octanol–water partition coefficient (Wildman–Crippen LogP) is 4.02. The molecule has 0 saturated heterocycles. The van der Waals surface area contributed by atoms with E-state index in [9.17, 15) is 4.79 Å². The van der Waals surface area contributed by atoms with E-state index >= 15 is 0 Å². The Morgan fingerprint density at radius 1 is 1.23 bits per heavy atom. The van der Waals surface area contributed by atoms with Crippen LogP contribution in [0.15, 0.2) is 24.3 Å². The molecule has 118 valence electrons. The maximum atomic E-state index is 11.8. The van der Waals surface area contributed by atoms with Crippen LogP contribution < -0.4 is 10.6 Å². The van der Waals surface area contributed by atoms with Gasteiger partial charge < -0.3 is 10.6 Å². The van der Waals surface area contributed by atoms with Crippen molar-refractivity contribution in [3.8, 4) is 0 Å². The molecule has 2 amide bonds. The van der Waals surface area contributed by atoms with Crippen LogP contribution in [0.4, 0.5) is 10.5 Å². The Balaban J connectivity index is 1.73. The number of carbonyl (C=O) groups is 1. The third-order valence-electron chi connectivity index (χ3n) is 3.11. The van der Waals surface area contributed by atoms with Crippen LogP contribution in [-0.2, 0) is 6.54 Å². The lowest BCUT2D eigenvalue weighted by Gasteiger charge is -2.09. The molecule has 2 N–H and O–H groups in total. The Morgan fingerprint density at radius 2 is 2.00 bits per heavy atom. The van der Waals surface area contributed by atoms with Crippen LogP contribution in [-0.4, -0.2) is 22.4 Å². The lowest BCUT2D eigenvalue weighted by Crippen LogP contribution is -2.30. The molecule has 0 aliphatic rings. The first kappa shape index (κ1) is 16.6. The van der Waals surface area contributed by atoms with Gasteiger partial charge in [0.25, 0.3) is 0 Å². The number of nitrogens with one attached hydrogen (secondary N) is 2. The van der Waals surface area contributed by atoms with Gasteiger partial charge in [-0.3, -0.25) is 4.68 Å². The molecule has 0 spiro atoms. The average Bonchev–Trinajstić information content (AvgIpc) is 2.77. The molecule has 0 aliphatic heterocycles. The normalized spacial score (nSPS) is 10.5.